The molecule has 2 fully saturated rings. The Morgan fingerprint density at radius 3 is 2.38 bits per heavy atom. The van der Waals surface area contributed by atoms with Gasteiger partial charge in [0.25, 0.3) is 0 Å². The van der Waals surface area contributed by atoms with E-state index >= 15 is 0 Å². The molecule has 2 bridgehead atoms. The third-order valence-electron chi connectivity index (χ3n) is 5.17. The highest BCUT2D eigenvalue weighted by Gasteiger charge is 2.45. The van der Waals surface area contributed by atoms with Crippen molar-refractivity contribution in [3.63, 3.8) is 0 Å². The van der Waals surface area contributed by atoms with Crippen molar-refractivity contribution in [3.8, 4) is 0 Å². The Hall–Kier alpha value is -2.10. The first kappa shape index (κ1) is 20.2. The summed E-state index contributed by atoms with van der Waals surface area (Å²) in [6, 6.07) is 0.794. The first-order chi connectivity index (χ1) is 13.5. The molecule has 0 N–H and O–H groups in total. The first-order valence-corrected chi connectivity index (χ1v) is 10.1. The first-order valence-electron chi connectivity index (χ1n) is 9.32. The molecule has 1 aromatic heterocycles. The van der Waals surface area contributed by atoms with Gasteiger partial charge in [-0.15, -0.1) is 0 Å². The molecular formula is C19H20BrF3N4O2. The Morgan fingerprint density at radius 1 is 1.17 bits per heavy atom. The van der Waals surface area contributed by atoms with Gasteiger partial charge >= 0.3 is 12.2 Å². The maximum Gasteiger partial charge on any atom is 0.410 e. The molecule has 29 heavy (non-hydrogen) atoms. The van der Waals surface area contributed by atoms with Crippen molar-refractivity contribution in [2.45, 2.75) is 51.3 Å². The molecule has 2 aliphatic heterocycles. The summed E-state index contributed by atoms with van der Waals surface area (Å²) in [4.78, 5) is 23.4. The van der Waals surface area contributed by atoms with Crippen molar-refractivity contribution in [2.24, 2.45) is 0 Å². The molecule has 0 aliphatic carbocycles. The molecule has 6 nitrogen and oxygen atoms in total. The van der Waals surface area contributed by atoms with Crippen molar-refractivity contribution in [2.75, 3.05) is 18.0 Å². The molecule has 2 aliphatic rings. The standard InChI is InChI=1S/C19H20BrF3N4O2/c1-19(2,3)29-18(28)27-9-4-5-10(27)8-26(7-9)16-11-6-12(21)13(20)14(22)15(11)24-17(23)25-16/h6,9-10H,4-5,7-8H2,1-3H3/t9-,10?/m0/s1. The molecule has 2 saturated heterocycles. The average Bonchev–Trinajstić information content (AvgIpc) is 2.89. The predicted molar refractivity (Wildman–Crippen MR) is 104 cm³/mol. The van der Waals surface area contributed by atoms with Crippen molar-refractivity contribution in [3.05, 3.63) is 28.3 Å². The molecule has 0 saturated carbocycles. The maximum atomic E-state index is 14.4. The molecule has 1 amide bonds. The normalized spacial score (nSPS) is 21.8. The highest BCUT2D eigenvalue weighted by atomic mass is 79.9. The van der Waals surface area contributed by atoms with Crippen molar-refractivity contribution in [1.29, 1.82) is 0 Å². The van der Waals surface area contributed by atoms with E-state index in [1.807, 2.05) is 0 Å². The molecule has 2 aromatic rings. The number of carbonyl (C=O) groups is 1. The lowest BCUT2D eigenvalue weighted by molar-refractivity contribution is 0.0123. The zero-order chi connectivity index (χ0) is 21.1. The molecule has 0 spiro atoms. The molecule has 1 unspecified atom stereocenters. The highest BCUT2D eigenvalue weighted by molar-refractivity contribution is 9.10. The van der Waals surface area contributed by atoms with Gasteiger partial charge in [-0.1, -0.05) is 0 Å². The molecule has 10 heteroatoms. The Kier molecular flexibility index (Phi) is 4.87. The van der Waals surface area contributed by atoms with E-state index in [4.69, 9.17) is 4.74 Å². The Labute approximate surface area is 174 Å². The van der Waals surface area contributed by atoms with Crippen LogP contribution < -0.4 is 4.90 Å². The molecule has 1 aromatic carbocycles. The number of rotatable bonds is 1. The topological polar surface area (TPSA) is 58.6 Å². The van der Waals surface area contributed by atoms with Crippen LogP contribution >= 0.6 is 15.9 Å². The van der Waals surface area contributed by atoms with Crippen LogP contribution in [0.2, 0.25) is 0 Å². The van der Waals surface area contributed by atoms with Crippen LogP contribution in [0.25, 0.3) is 10.9 Å². The van der Waals surface area contributed by atoms with Gasteiger partial charge in [0.05, 0.1) is 16.6 Å². The minimum atomic E-state index is -1.09. The minimum Gasteiger partial charge on any atom is -0.444 e. The summed E-state index contributed by atoms with van der Waals surface area (Å²) in [5, 5.41) is 0.0923. The van der Waals surface area contributed by atoms with E-state index in [0.717, 1.165) is 18.9 Å². The molecule has 2 atom stereocenters. The minimum absolute atomic E-state index is 0.0923. The van der Waals surface area contributed by atoms with Gasteiger partial charge in [-0.2, -0.15) is 14.4 Å². The number of hydrogen-bond acceptors (Lipinski definition) is 5. The molecule has 3 heterocycles. The second-order valence-corrected chi connectivity index (χ2v) is 9.17. The van der Waals surface area contributed by atoms with Crippen LogP contribution in [0.5, 0.6) is 0 Å². The third-order valence-corrected chi connectivity index (χ3v) is 5.89. The quantitative estimate of drug-likeness (QED) is 0.454. The fourth-order valence-corrected chi connectivity index (χ4v) is 4.36. The van der Waals surface area contributed by atoms with Gasteiger partial charge in [-0.25, -0.2) is 13.6 Å². The van der Waals surface area contributed by atoms with E-state index in [0.29, 0.717) is 13.1 Å². The number of carbonyl (C=O) groups excluding carboxylic acids is 1. The lowest BCUT2D eigenvalue weighted by Gasteiger charge is -2.42. The van der Waals surface area contributed by atoms with Crippen molar-refractivity contribution < 1.29 is 22.7 Å². The van der Waals surface area contributed by atoms with E-state index in [1.54, 1.807) is 30.6 Å². The smallest absolute Gasteiger partial charge is 0.410 e. The Bertz CT molecular complexity index is 984. The number of fused-ring (bicyclic) bond motifs is 3. The van der Waals surface area contributed by atoms with Crippen LogP contribution in [0.15, 0.2) is 10.5 Å². The SMILES string of the molecule is CC(C)(C)OC(=O)N1C2CC[C@H]1CN(c1nc(F)nc3c(F)c(Br)c(F)cc13)C2. The van der Waals surface area contributed by atoms with E-state index in [2.05, 4.69) is 25.9 Å². The van der Waals surface area contributed by atoms with Gasteiger partial charge < -0.3 is 9.64 Å². The summed E-state index contributed by atoms with van der Waals surface area (Å²) in [7, 11) is 0. The van der Waals surface area contributed by atoms with E-state index in [-0.39, 0.29) is 34.9 Å². The van der Waals surface area contributed by atoms with Crippen LogP contribution in [0.3, 0.4) is 0 Å². The third kappa shape index (κ3) is 3.62. The van der Waals surface area contributed by atoms with E-state index in [1.165, 1.54) is 0 Å². The van der Waals surface area contributed by atoms with Crippen LogP contribution in [-0.4, -0.2) is 51.7 Å². The second-order valence-electron chi connectivity index (χ2n) is 8.38. The summed E-state index contributed by atoms with van der Waals surface area (Å²) < 4.78 is 47.7. The van der Waals surface area contributed by atoms with Gasteiger partial charge in [-0.05, 0) is 55.6 Å². The summed E-state index contributed by atoms with van der Waals surface area (Å²) in [5.41, 5.74) is -0.898. The molecular weight excluding hydrogens is 453 g/mol. The number of anilines is 1. The Balaban J connectivity index is 1.68. The number of piperazine rings is 1. The summed E-state index contributed by atoms with van der Waals surface area (Å²) in [6.45, 7) is 6.14. The van der Waals surface area contributed by atoms with Crippen LogP contribution in [-0.2, 0) is 4.74 Å². The maximum absolute atomic E-state index is 14.4. The zero-order valence-electron chi connectivity index (χ0n) is 16.2. The zero-order valence-corrected chi connectivity index (χ0v) is 17.8. The van der Waals surface area contributed by atoms with Gasteiger partial charge in [0.15, 0.2) is 5.82 Å². The predicted octanol–water partition coefficient (Wildman–Crippen LogP) is 4.40. The largest absolute Gasteiger partial charge is 0.444 e. The monoisotopic (exact) mass is 472 g/mol. The number of amides is 1. The van der Waals surface area contributed by atoms with Crippen molar-refractivity contribution >= 4 is 38.7 Å². The van der Waals surface area contributed by atoms with Crippen LogP contribution in [0, 0.1) is 17.7 Å². The number of hydrogen-bond donors (Lipinski definition) is 0. The number of halogens is 4. The van der Waals surface area contributed by atoms with Gasteiger partial charge in [0, 0.05) is 18.5 Å². The van der Waals surface area contributed by atoms with Crippen LogP contribution in [0.1, 0.15) is 33.6 Å². The molecule has 156 valence electrons. The molecule has 0 radical (unpaired) electrons. The van der Waals surface area contributed by atoms with Gasteiger partial charge in [-0.3, -0.25) is 4.90 Å². The Morgan fingerprint density at radius 2 is 1.79 bits per heavy atom. The lowest BCUT2D eigenvalue weighted by Crippen LogP contribution is -2.57. The number of nitrogens with zero attached hydrogens (tertiary/aromatic N) is 4. The fraction of sp³-hybridized carbons (Fsp3) is 0.526. The second kappa shape index (κ2) is 7.00. The van der Waals surface area contributed by atoms with Gasteiger partial charge in [0.2, 0.25) is 0 Å². The lowest BCUT2D eigenvalue weighted by atomic mass is 10.1. The summed E-state index contributed by atoms with van der Waals surface area (Å²) >= 11 is 2.82. The fourth-order valence-electron chi connectivity index (χ4n) is 4.06. The van der Waals surface area contributed by atoms with E-state index < -0.39 is 27.8 Å². The van der Waals surface area contributed by atoms with Crippen LogP contribution in [0.4, 0.5) is 23.8 Å². The average molecular weight is 473 g/mol. The number of aromatic nitrogens is 2. The summed E-state index contributed by atoms with van der Waals surface area (Å²) in [5.74, 6) is -1.67. The number of ether oxygens (including phenoxy) is 1. The summed E-state index contributed by atoms with van der Waals surface area (Å²) in [6.07, 6.45) is 0.0524. The number of benzene rings is 1. The highest BCUT2D eigenvalue weighted by Crippen LogP contribution is 2.37. The van der Waals surface area contributed by atoms with Gasteiger partial charge in [0.1, 0.15) is 22.8 Å². The van der Waals surface area contributed by atoms with Crippen molar-refractivity contribution in [1.82, 2.24) is 14.9 Å². The van der Waals surface area contributed by atoms with E-state index in [9.17, 15) is 18.0 Å². The molecule has 4 rings (SSSR count).